The number of hydroxylamine groups is 2. The predicted molar refractivity (Wildman–Crippen MR) is 106 cm³/mol. The summed E-state index contributed by atoms with van der Waals surface area (Å²) in [6.45, 7) is 0.796. The molecule has 1 aromatic rings. The number of hydrogen-bond acceptors (Lipinski definition) is 8. The standard InChI is InChI=1S/C19H22ClNO8S/c1-4-30(26,27)14-9-8-11(18(25)16-12(22)6-5-7-13(16)23)17(20)19(14)29-10-15(24)21(2)28-3/h8-9,16H,4-7,10H2,1-3H3. The quantitative estimate of drug-likeness (QED) is 0.326. The van der Waals surface area contributed by atoms with Crippen LogP contribution in [0.25, 0.3) is 0 Å². The Morgan fingerprint density at radius 3 is 2.33 bits per heavy atom. The van der Waals surface area contributed by atoms with Gasteiger partial charge in [-0.05, 0) is 18.6 Å². The van der Waals surface area contributed by atoms with Crippen LogP contribution in [0.2, 0.25) is 5.02 Å². The predicted octanol–water partition coefficient (Wildman–Crippen LogP) is 1.65. The third-order valence-corrected chi connectivity index (χ3v) is 6.89. The van der Waals surface area contributed by atoms with E-state index in [1.807, 2.05) is 0 Å². The Kier molecular flexibility index (Phi) is 7.73. The first-order valence-electron chi connectivity index (χ1n) is 9.13. The number of Topliss-reactive ketones (excluding diaryl/α,β-unsaturated/α-hetero) is 3. The zero-order valence-electron chi connectivity index (χ0n) is 16.8. The highest BCUT2D eigenvalue weighted by Gasteiger charge is 2.38. The van der Waals surface area contributed by atoms with Gasteiger partial charge < -0.3 is 4.74 Å². The summed E-state index contributed by atoms with van der Waals surface area (Å²) in [5.41, 5.74) is -0.220. The van der Waals surface area contributed by atoms with E-state index in [0.717, 1.165) is 17.2 Å². The van der Waals surface area contributed by atoms with Crippen LogP contribution in [-0.4, -0.2) is 63.3 Å². The zero-order chi connectivity index (χ0) is 22.6. The topological polar surface area (TPSA) is 124 Å². The van der Waals surface area contributed by atoms with Crippen LogP contribution < -0.4 is 4.74 Å². The molecule has 1 aliphatic rings. The molecule has 1 saturated carbocycles. The first-order valence-corrected chi connectivity index (χ1v) is 11.2. The van der Waals surface area contributed by atoms with Crippen molar-refractivity contribution in [3.8, 4) is 5.75 Å². The number of ketones is 3. The molecule has 0 spiro atoms. The molecule has 0 atom stereocenters. The second-order valence-corrected chi connectivity index (χ2v) is 9.23. The number of carbonyl (C=O) groups excluding carboxylic acids is 4. The lowest BCUT2D eigenvalue weighted by atomic mass is 9.81. The van der Waals surface area contributed by atoms with E-state index in [1.54, 1.807) is 0 Å². The Bertz CT molecular complexity index is 972. The number of likely N-dealkylation sites (N-methyl/N-ethyl adjacent to an activating group) is 1. The van der Waals surface area contributed by atoms with Gasteiger partial charge >= 0.3 is 0 Å². The molecule has 1 fully saturated rings. The number of nitrogens with zero attached hydrogens (tertiary/aromatic N) is 1. The molecule has 164 valence electrons. The van der Waals surface area contributed by atoms with Crippen molar-refractivity contribution in [3.63, 3.8) is 0 Å². The summed E-state index contributed by atoms with van der Waals surface area (Å²) in [5.74, 6) is -4.60. The van der Waals surface area contributed by atoms with Gasteiger partial charge in [0.2, 0.25) is 0 Å². The third-order valence-electron chi connectivity index (χ3n) is 4.76. The van der Waals surface area contributed by atoms with Crippen molar-refractivity contribution in [3.05, 3.63) is 22.7 Å². The highest BCUT2D eigenvalue weighted by Crippen LogP contribution is 2.37. The molecule has 1 aliphatic carbocycles. The second-order valence-electron chi connectivity index (χ2n) is 6.60. The van der Waals surface area contributed by atoms with Crippen molar-refractivity contribution in [1.82, 2.24) is 5.06 Å². The maximum Gasteiger partial charge on any atom is 0.283 e. The lowest BCUT2D eigenvalue weighted by molar-refractivity contribution is -0.170. The summed E-state index contributed by atoms with van der Waals surface area (Å²) in [5, 5.41) is 0.490. The third kappa shape index (κ3) is 4.88. The Labute approximate surface area is 179 Å². The van der Waals surface area contributed by atoms with Gasteiger partial charge in [-0.15, -0.1) is 0 Å². The molecule has 9 nitrogen and oxygen atoms in total. The number of hydrogen-bond donors (Lipinski definition) is 0. The average Bonchev–Trinajstić information content (AvgIpc) is 2.71. The van der Waals surface area contributed by atoms with Crippen LogP contribution in [0.5, 0.6) is 5.75 Å². The fourth-order valence-corrected chi connectivity index (χ4v) is 4.34. The summed E-state index contributed by atoms with van der Waals surface area (Å²) in [7, 11) is -1.23. The molecular formula is C19H22ClNO8S. The summed E-state index contributed by atoms with van der Waals surface area (Å²) >= 11 is 6.29. The van der Waals surface area contributed by atoms with Gasteiger partial charge in [-0.25, -0.2) is 13.5 Å². The smallest absolute Gasteiger partial charge is 0.283 e. The SMILES string of the molecule is CCS(=O)(=O)c1ccc(C(=O)C2C(=O)CCCC2=O)c(Cl)c1OCC(=O)N(C)OC. The molecule has 1 aromatic carbocycles. The molecule has 2 rings (SSSR count). The van der Waals surface area contributed by atoms with Crippen molar-refractivity contribution in [1.29, 1.82) is 0 Å². The molecule has 1 amide bonds. The molecule has 0 N–H and O–H groups in total. The number of sulfone groups is 1. The maximum absolute atomic E-state index is 12.9. The number of halogens is 1. The molecule has 0 bridgehead atoms. The van der Waals surface area contributed by atoms with Gasteiger partial charge in [-0.2, -0.15) is 0 Å². The lowest BCUT2D eigenvalue weighted by Crippen LogP contribution is -2.35. The molecule has 0 aliphatic heterocycles. The summed E-state index contributed by atoms with van der Waals surface area (Å²) in [6.07, 6.45) is 0.582. The summed E-state index contributed by atoms with van der Waals surface area (Å²) < 4.78 is 30.3. The van der Waals surface area contributed by atoms with Crippen LogP contribution in [0, 0.1) is 5.92 Å². The van der Waals surface area contributed by atoms with Crippen molar-refractivity contribution in [2.24, 2.45) is 5.92 Å². The van der Waals surface area contributed by atoms with Crippen LogP contribution in [0.3, 0.4) is 0 Å². The average molecular weight is 460 g/mol. The first kappa shape index (κ1) is 24.0. The Balaban J connectivity index is 2.51. The summed E-state index contributed by atoms with van der Waals surface area (Å²) in [4.78, 5) is 53.6. The van der Waals surface area contributed by atoms with Crippen molar-refractivity contribution >= 4 is 44.7 Å². The lowest BCUT2D eigenvalue weighted by Gasteiger charge is -2.21. The van der Waals surface area contributed by atoms with Crippen molar-refractivity contribution < 1.29 is 37.2 Å². The van der Waals surface area contributed by atoms with Crippen LogP contribution in [0.15, 0.2) is 17.0 Å². The van der Waals surface area contributed by atoms with E-state index in [4.69, 9.17) is 21.2 Å². The fraction of sp³-hybridized carbons (Fsp3) is 0.474. The zero-order valence-corrected chi connectivity index (χ0v) is 18.3. The Morgan fingerprint density at radius 1 is 1.20 bits per heavy atom. The van der Waals surface area contributed by atoms with Gasteiger partial charge in [-0.3, -0.25) is 24.0 Å². The van der Waals surface area contributed by atoms with E-state index in [1.165, 1.54) is 21.1 Å². The number of benzene rings is 1. The maximum atomic E-state index is 12.9. The van der Waals surface area contributed by atoms with E-state index in [-0.39, 0.29) is 34.1 Å². The minimum absolute atomic E-state index is 0.100. The first-order chi connectivity index (χ1) is 14.0. The minimum atomic E-state index is -3.82. The van der Waals surface area contributed by atoms with Gasteiger partial charge in [-0.1, -0.05) is 18.5 Å². The second kappa shape index (κ2) is 9.67. The van der Waals surface area contributed by atoms with E-state index >= 15 is 0 Å². The van der Waals surface area contributed by atoms with Crippen LogP contribution >= 0.6 is 11.6 Å². The Hall–Kier alpha value is -2.30. The normalized spacial score (nSPS) is 15.2. The number of amides is 1. The molecule has 11 heteroatoms. The molecule has 0 heterocycles. The number of rotatable bonds is 8. The fourth-order valence-electron chi connectivity index (χ4n) is 2.94. The molecule has 0 aromatic heterocycles. The van der Waals surface area contributed by atoms with E-state index in [9.17, 15) is 27.6 Å². The molecule has 0 saturated heterocycles. The highest BCUT2D eigenvalue weighted by molar-refractivity contribution is 7.91. The molecule has 0 radical (unpaired) electrons. The van der Waals surface area contributed by atoms with Crippen LogP contribution in [0.4, 0.5) is 0 Å². The Morgan fingerprint density at radius 2 is 1.80 bits per heavy atom. The minimum Gasteiger partial charge on any atom is -0.481 e. The number of ether oxygens (including phenoxy) is 1. The van der Waals surface area contributed by atoms with Crippen LogP contribution in [0.1, 0.15) is 36.5 Å². The van der Waals surface area contributed by atoms with Crippen LogP contribution in [-0.2, 0) is 29.1 Å². The molecule has 30 heavy (non-hydrogen) atoms. The van der Waals surface area contributed by atoms with Gasteiger partial charge in [0.1, 0.15) is 10.8 Å². The van der Waals surface area contributed by atoms with Gasteiger partial charge in [0.15, 0.2) is 39.5 Å². The number of carbonyl (C=O) groups is 4. The van der Waals surface area contributed by atoms with E-state index in [0.29, 0.717) is 6.42 Å². The highest BCUT2D eigenvalue weighted by atomic mass is 35.5. The van der Waals surface area contributed by atoms with Crippen molar-refractivity contribution in [2.45, 2.75) is 31.1 Å². The summed E-state index contributed by atoms with van der Waals surface area (Å²) in [6, 6.07) is 2.27. The molecule has 0 unspecified atom stereocenters. The van der Waals surface area contributed by atoms with E-state index in [2.05, 4.69) is 0 Å². The van der Waals surface area contributed by atoms with Gasteiger partial charge in [0.25, 0.3) is 5.91 Å². The molecular weight excluding hydrogens is 438 g/mol. The monoisotopic (exact) mass is 459 g/mol. The van der Waals surface area contributed by atoms with Gasteiger partial charge in [0.05, 0.1) is 17.9 Å². The largest absolute Gasteiger partial charge is 0.481 e. The van der Waals surface area contributed by atoms with Crippen molar-refractivity contribution in [2.75, 3.05) is 26.5 Å². The van der Waals surface area contributed by atoms with Gasteiger partial charge in [0, 0.05) is 25.5 Å². The van der Waals surface area contributed by atoms with E-state index < -0.39 is 51.4 Å².